The topological polar surface area (TPSA) is 89.3 Å². The number of ether oxygens (including phenoxy) is 1. The van der Waals surface area contributed by atoms with Gasteiger partial charge in [-0.15, -0.1) is 0 Å². The van der Waals surface area contributed by atoms with Crippen molar-refractivity contribution in [3.8, 4) is 11.8 Å². The molecule has 1 unspecified atom stereocenters. The summed E-state index contributed by atoms with van der Waals surface area (Å²) < 4.78 is 10.7. The van der Waals surface area contributed by atoms with Gasteiger partial charge in [0.25, 0.3) is 0 Å². The van der Waals surface area contributed by atoms with Crippen molar-refractivity contribution in [3.63, 3.8) is 0 Å². The molecule has 5 nitrogen and oxygen atoms in total. The molecule has 94 valence electrons. The van der Waals surface area contributed by atoms with Gasteiger partial charge in [0, 0.05) is 5.92 Å². The van der Waals surface area contributed by atoms with Crippen molar-refractivity contribution in [2.75, 3.05) is 0 Å². The second kappa shape index (κ2) is 3.89. The van der Waals surface area contributed by atoms with Crippen LogP contribution >= 0.6 is 0 Å². The summed E-state index contributed by atoms with van der Waals surface area (Å²) >= 11 is 0. The Morgan fingerprint density at radius 2 is 2.11 bits per heavy atom. The molecule has 0 fully saturated rings. The first-order valence-corrected chi connectivity index (χ1v) is 5.76. The fourth-order valence-electron chi connectivity index (χ4n) is 2.29. The van der Waals surface area contributed by atoms with Crippen molar-refractivity contribution in [2.24, 2.45) is 5.73 Å². The largest absolute Gasteiger partial charge is 0.439 e. The fraction of sp³-hybridized carbons (Fsp3) is 0.143. The highest BCUT2D eigenvalue weighted by Gasteiger charge is 2.30. The molecule has 0 bridgehead atoms. The molecule has 2 heterocycles. The molecule has 19 heavy (non-hydrogen) atoms. The van der Waals surface area contributed by atoms with Crippen LogP contribution in [0.25, 0.3) is 11.0 Å². The summed E-state index contributed by atoms with van der Waals surface area (Å²) in [6.07, 6.45) is 0. The predicted molar refractivity (Wildman–Crippen MR) is 68.4 cm³/mol. The first-order valence-electron chi connectivity index (χ1n) is 5.76. The van der Waals surface area contributed by atoms with Gasteiger partial charge in [-0.1, -0.05) is 19.1 Å². The molecular weight excluding hydrogens is 244 g/mol. The summed E-state index contributed by atoms with van der Waals surface area (Å²) in [6, 6.07) is 9.02. The van der Waals surface area contributed by atoms with E-state index in [1.165, 1.54) is 0 Å². The number of nitrogens with two attached hydrogens (primary N) is 1. The van der Waals surface area contributed by atoms with E-state index in [9.17, 15) is 4.79 Å². The quantitative estimate of drug-likeness (QED) is 0.726. The summed E-state index contributed by atoms with van der Waals surface area (Å²) in [5.41, 5.74) is 6.26. The van der Waals surface area contributed by atoms with Gasteiger partial charge in [0.1, 0.15) is 11.7 Å². The number of allylic oxidation sites excluding steroid dienone is 1. The van der Waals surface area contributed by atoms with E-state index in [1.54, 1.807) is 25.1 Å². The minimum absolute atomic E-state index is 0.0400. The van der Waals surface area contributed by atoms with E-state index in [0.717, 1.165) is 0 Å². The van der Waals surface area contributed by atoms with Crippen LogP contribution in [-0.2, 0) is 0 Å². The summed E-state index contributed by atoms with van der Waals surface area (Å²) in [7, 11) is 0. The van der Waals surface area contributed by atoms with Crippen molar-refractivity contribution in [2.45, 2.75) is 12.8 Å². The summed E-state index contributed by atoms with van der Waals surface area (Å²) in [5.74, 6) is -0.0105. The van der Waals surface area contributed by atoms with E-state index in [4.69, 9.17) is 20.1 Å². The van der Waals surface area contributed by atoms with Crippen LogP contribution in [0.2, 0.25) is 0 Å². The Balaban J connectivity index is 2.40. The van der Waals surface area contributed by atoms with E-state index < -0.39 is 11.5 Å². The first-order chi connectivity index (χ1) is 9.13. The Labute approximate surface area is 108 Å². The number of nitriles is 1. The smallest absolute Gasteiger partial charge is 0.343 e. The third kappa shape index (κ3) is 1.50. The lowest BCUT2D eigenvalue weighted by Crippen LogP contribution is -2.24. The lowest BCUT2D eigenvalue weighted by Gasteiger charge is -2.22. The zero-order valence-corrected chi connectivity index (χ0v) is 10.1. The van der Waals surface area contributed by atoms with Crippen molar-refractivity contribution in [3.05, 3.63) is 51.7 Å². The van der Waals surface area contributed by atoms with Crippen LogP contribution in [-0.4, -0.2) is 0 Å². The van der Waals surface area contributed by atoms with Crippen LogP contribution in [0.15, 0.2) is 44.9 Å². The average Bonchev–Trinajstić information content (AvgIpc) is 2.38. The summed E-state index contributed by atoms with van der Waals surface area (Å²) in [4.78, 5) is 12.0. The van der Waals surface area contributed by atoms with Gasteiger partial charge in [-0.2, -0.15) is 5.26 Å². The van der Waals surface area contributed by atoms with E-state index in [1.807, 2.05) is 12.1 Å². The molecule has 0 amide bonds. The van der Waals surface area contributed by atoms with Crippen LogP contribution in [0, 0.1) is 11.3 Å². The van der Waals surface area contributed by atoms with Gasteiger partial charge in [0.05, 0.1) is 16.5 Å². The maximum absolute atomic E-state index is 12.0. The molecule has 2 aromatic rings. The molecule has 1 atom stereocenters. The SMILES string of the molecule is CC1C(C#N)=C(N)Oc2c1c(=O)oc1ccccc21. The van der Waals surface area contributed by atoms with Gasteiger partial charge in [-0.05, 0) is 12.1 Å². The number of hydrogen-bond donors (Lipinski definition) is 1. The number of hydrogen-bond acceptors (Lipinski definition) is 5. The highest BCUT2D eigenvalue weighted by Crippen LogP contribution is 2.39. The van der Waals surface area contributed by atoms with Crippen LogP contribution in [0.1, 0.15) is 18.4 Å². The fourth-order valence-corrected chi connectivity index (χ4v) is 2.29. The summed E-state index contributed by atoms with van der Waals surface area (Å²) in [6.45, 7) is 1.73. The molecular formula is C14H10N2O3. The molecule has 3 rings (SSSR count). The minimum atomic E-state index is -0.499. The zero-order chi connectivity index (χ0) is 13.6. The molecule has 1 aromatic heterocycles. The number of rotatable bonds is 0. The highest BCUT2D eigenvalue weighted by atomic mass is 16.5. The van der Waals surface area contributed by atoms with Crippen molar-refractivity contribution in [1.82, 2.24) is 0 Å². The Hall–Kier alpha value is -2.74. The van der Waals surface area contributed by atoms with E-state index in [0.29, 0.717) is 22.3 Å². The van der Waals surface area contributed by atoms with E-state index >= 15 is 0 Å². The van der Waals surface area contributed by atoms with Gasteiger partial charge in [-0.25, -0.2) is 4.79 Å². The molecule has 0 spiro atoms. The zero-order valence-electron chi connectivity index (χ0n) is 10.1. The van der Waals surface area contributed by atoms with Crippen molar-refractivity contribution >= 4 is 11.0 Å². The number of para-hydroxylation sites is 1. The van der Waals surface area contributed by atoms with Crippen LogP contribution in [0.3, 0.4) is 0 Å². The molecule has 1 aliphatic rings. The number of nitrogens with zero attached hydrogens (tertiary/aromatic N) is 1. The molecule has 0 saturated carbocycles. The third-order valence-electron chi connectivity index (χ3n) is 3.26. The molecule has 5 heteroatoms. The molecule has 1 aromatic carbocycles. The maximum atomic E-state index is 12.0. The normalized spacial score (nSPS) is 17.8. The molecule has 0 aliphatic carbocycles. The Morgan fingerprint density at radius 3 is 2.84 bits per heavy atom. The maximum Gasteiger partial charge on any atom is 0.343 e. The first kappa shape index (κ1) is 11.4. The predicted octanol–water partition coefficient (Wildman–Crippen LogP) is 1.98. The van der Waals surface area contributed by atoms with E-state index in [2.05, 4.69) is 0 Å². The van der Waals surface area contributed by atoms with Crippen LogP contribution in [0.4, 0.5) is 0 Å². The van der Waals surface area contributed by atoms with Gasteiger partial charge in [-0.3, -0.25) is 0 Å². The third-order valence-corrected chi connectivity index (χ3v) is 3.26. The van der Waals surface area contributed by atoms with Gasteiger partial charge < -0.3 is 14.9 Å². The minimum Gasteiger partial charge on any atom is -0.439 e. The van der Waals surface area contributed by atoms with Crippen LogP contribution < -0.4 is 16.1 Å². The second-order valence-electron chi connectivity index (χ2n) is 4.34. The van der Waals surface area contributed by atoms with Gasteiger partial charge >= 0.3 is 5.63 Å². The number of fused-ring (bicyclic) bond motifs is 3. The lowest BCUT2D eigenvalue weighted by atomic mass is 9.91. The highest BCUT2D eigenvalue weighted by molar-refractivity contribution is 5.85. The number of benzene rings is 1. The average molecular weight is 254 g/mol. The van der Waals surface area contributed by atoms with Crippen molar-refractivity contribution in [1.29, 1.82) is 5.26 Å². The van der Waals surface area contributed by atoms with E-state index in [-0.39, 0.29) is 11.5 Å². The monoisotopic (exact) mass is 254 g/mol. The van der Waals surface area contributed by atoms with Crippen molar-refractivity contribution < 1.29 is 9.15 Å². The molecule has 0 saturated heterocycles. The second-order valence-corrected chi connectivity index (χ2v) is 4.34. The molecule has 2 N–H and O–H groups in total. The molecule has 1 aliphatic heterocycles. The molecule has 0 radical (unpaired) electrons. The Morgan fingerprint density at radius 1 is 1.37 bits per heavy atom. The standard InChI is InChI=1S/C14H10N2O3/c1-7-9(6-15)13(16)19-12-8-4-2-3-5-10(8)18-14(17)11(7)12/h2-5,7H,16H2,1H3. The Bertz CT molecular complexity index is 812. The van der Waals surface area contributed by atoms with Gasteiger partial charge in [0.2, 0.25) is 5.88 Å². The Kier molecular flexibility index (Phi) is 2.32. The van der Waals surface area contributed by atoms with Crippen LogP contribution in [0.5, 0.6) is 5.75 Å². The van der Waals surface area contributed by atoms with Gasteiger partial charge in [0.15, 0.2) is 5.75 Å². The summed E-state index contributed by atoms with van der Waals surface area (Å²) in [5, 5.41) is 9.73. The lowest BCUT2D eigenvalue weighted by molar-refractivity contribution is 0.385.